The summed E-state index contributed by atoms with van der Waals surface area (Å²) in [5, 5.41) is 0.570. The van der Waals surface area contributed by atoms with Gasteiger partial charge in [-0.15, -0.1) is 0 Å². The molecule has 0 heterocycles. The van der Waals surface area contributed by atoms with E-state index < -0.39 is 13.3 Å². The van der Waals surface area contributed by atoms with Gasteiger partial charge in [0.25, 0.3) is 0 Å². The third kappa shape index (κ3) is 1.83. The maximum Gasteiger partial charge on any atom is 0.115 e. The van der Waals surface area contributed by atoms with E-state index in [1.165, 1.54) is 0 Å². The second kappa shape index (κ2) is 4.55. The predicted molar refractivity (Wildman–Crippen MR) is 48.7 cm³/mol. The average Bonchev–Trinajstić information content (AvgIpc) is 2.16. The molecule has 0 radical (unpaired) electrons. The van der Waals surface area contributed by atoms with Crippen molar-refractivity contribution in [2.45, 2.75) is 18.7 Å². The van der Waals surface area contributed by atoms with Gasteiger partial charge in [-0.1, -0.05) is 34.1 Å². The first-order valence-electron chi connectivity index (χ1n) is 3.61. The summed E-state index contributed by atoms with van der Waals surface area (Å²) in [6, 6.07) is 5.15. The van der Waals surface area contributed by atoms with Crippen LogP contribution in [0, 0.1) is 0 Å². The summed E-state index contributed by atoms with van der Waals surface area (Å²) in [6.45, 7) is -1.19. The van der Waals surface area contributed by atoms with E-state index in [1.807, 2.05) is 0 Å². The van der Waals surface area contributed by atoms with Gasteiger partial charge in [-0.2, -0.15) is 0 Å². The van der Waals surface area contributed by atoms with Gasteiger partial charge < -0.3 is 0 Å². The Morgan fingerprint density at radius 2 is 1.75 bits per heavy atom. The summed E-state index contributed by atoms with van der Waals surface area (Å²) in [6.07, 6.45) is 0. The Hall–Kier alpha value is -0.440. The minimum atomic E-state index is -0.597. The van der Waals surface area contributed by atoms with E-state index in [-0.39, 0.29) is 0 Å². The van der Waals surface area contributed by atoms with Crippen LogP contribution < -0.4 is 0 Å². The Bertz CT molecular complexity index is 238. The van der Waals surface area contributed by atoms with E-state index in [4.69, 9.17) is 0 Å². The van der Waals surface area contributed by atoms with Crippen molar-refractivity contribution in [1.29, 1.82) is 0 Å². The molecule has 0 aliphatic carbocycles. The van der Waals surface area contributed by atoms with Crippen molar-refractivity contribution in [2.24, 2.45) is 0 Å². The van der Waals surface area contributed by atoms with Crippen molar-refractivity contribution in [3.8, 4) is 0 Å². The molecule has 0 saturated heterocycles. The molecule has 0 atom stereocenters. The van der Waals surface area contributed by atoms with Gasteiger partial charge in [-0.05, 0) is 16.7 Å². The van der Waals surface area contributed by atoms with Gasteiger partial charge in [-0.3, -0.25) is 0 Å². The maximum absolute atomic E-state index is 12.4. The third-order valence-corrected chi connectivity index (χ3v) is 2.40. The van der Waals surface area contributed by atoms with Gasteiger partial charge in [0, 0.05) is 5.33 Å². The van der Waals surface area contributed by atoms with Crippen LogP contribution >= 0.6 is 15.9 Å². The molecular formula is C9H9BrF2. The summed E-state index contributed by atoms with van der Waals surface area (Å²) < 4.78 is 24.7. The minimum Gasteiger partial charge on any atom is -0.246 e. The topological polar surface area (TPSA) is 0 Å². The van der Waals surface area contributed by atoms with E-state index in [2.05, 4.69) is 15.9 Å². The molecule has 0 bridgehead atoms. The Kier molecular flexibility index (Phi) is 3.66. The first kappa shape index (κ1) is 9.65. The van der Waals surface area contributed by atoms with Crippen LogP contribution in [0.4, 0.5) is 8.78 Å². The van der Waals surface area contributed by atoms with Crippen molar-refractivity contribution in [2.75, 3.05) is 0 Å². The first-order chi connectivity index (χ1) is 5.83. The monoisotopic (exact) mass is 234 g/mol. The van der Waals surface area contributed by atoms with E-state index >= 15 is 0 Å². The lowest BCUT2D eigenvalue weighted by Crippen LogP contribution is -1.94. The number of rotatable bonds is 3. The standard InChI is InChI=1S/C9H9BrF2/c10-4-7-2-1-3-8(5-11)9(7)6-12/h1-3H,4-6H2. The number of halogens is 3. The molecule has 0 saturated carbocycles. The zero-order chi connectivity index (χ0) is 8.97. The molecule has 0 aromatic heterocycles. The predicted octanol–water partition coefficient (Wildman–Crippen LogP) is 3.52. The fourth-order valence-electron chi connectivity index (χ4n) is 1.11. The largest absolute Gasteiger partial charge is 0.246 e. The highest BCUT2D eigenvalue weighted by molar-refractivity contribution is 9.08. The molecule has 0 fully saturated rings. The van der Waals surface area contributed by atoms with E-state index in [1.54, 1.807) is 18.2 Å². The summed E-state index contributed by atoms with van der Waals surface area (Å²) in [4.78, 5) is 0. The molecule has 3 heteroatoms. The Morgan fingerprint density at radius 3 is 2.25 bits per heavy atom. The molecule has 0 unspecified atom stereocenters. The van der Waals surface area contributed by atoms with Gasteiger partial charge in [0.05, 0.1) is 0 Å². The van der Waals surface area contributed by atoms with Crippen LogP contribution in [0.1, 0.15) is 16.7 Å². The second-order valence-corrected chi connectivity index (χ2v) is 3.02. The number of benzene rings is 1. The average molecular weight is 235 g/mol. The van der Waals surface area contributed by atoms with Crippen molar-refractivity contribution in [3.63, 3.8) is 0 Å². The van der Waals surface area contributed by atoms with Crippen molar-refractivity contribution >= 4 is 15.9 Å². The van der Waals surface area contributed by atoms with Gasteiger partial charge in [0.15, 0.2) is 0 Å². The lowest BCUT2D eigenvalue weighted by molar-refractivity contribution is 0.453. The van der Waals surface area contributed by atoms with Gasteiger partial charge in [0.2, 0.25) is 0 Å². The van der Waals surface area contributed by atoms with Crippen LogP contribution in [0.3, 0.4) is 0 Å². The SMILES string of the molecule is FCc1cccc(CBr)c1CF. The molecule has 0 aliphatic heterocycles. The highest BCUT2D eigenvalue weighted by Gasteiger charge is 2.06. The number of hydrogen-bond donors (Lipinski definition) is 0. The summed E-state index contributed by atoms with van der Waals surface area (Å²) in [5.74, 6) is 0. The van der Waals surface area contributed by atoms with E-state index in [9.17, 15) is 8.78 Å². The van der Waals surface area contributed by atoms with E-state index in [0.717, 1.165) is 5.56 Å². The summed E-state index contributed by atoms with van der Waals surface area (Å²) in [7, 11) is 0. The van der Waals surface area contributed by atoms with Crippen LogP contribution in [0.5, 0.6) is 0 Å². The molecule has 0 nitrogen and oxygen atoms in total. The number of alkyl halides is 3. The molecular weight excluding hydrogens is 226 g/mol. The third-order valence-electron chi connectivity index (χ3n) is 1.79. The van der Waals surface area contributed by atoms with E-state index in [0.29, 0.717) is 16.5 Å². The zero-order valence-corrected chi connectivity index (χ0v) is 8.07. The molecule has 0 amide bonds. The summed E-state index contributed by atoms with van der Waals surface area (Å²) in [5.41, 5.74) is 1.76. The quantitative estimate of drug-likeness (QED) is 0.703. The molecule has 0 aliphatic rings. The smallest absolute Gasteiger partial charge is 0.115 e. The van der Waals surface area contributed by atoms with Crippen molar-refractivity contribution < 1.29 is 8.78 Å². The van der Waals surface area contributed by atoms with Gasteiger partial charge in [0.1, 0.15) is 13.3 Å². The molecule has 1 aromatic carbocycles. The molecule has 1 rings (SSSR count). The maximum atomic E-state index is 12.4. The highest BCUT2D eigenvalue weighted by Crippen LogP contribution is 2.19. The lowest BCUT2D eigenvalue weighted by atomic mass is 10.0. The Balaban J connectivity index is 3.13. The molecule has 1 aromatic rings. The normalized spacial score (nSPS) is 10.2. The van der Waals surface area contributed by atoms with Crippen LogP contribution in [0.15, 0.2) is 18.2 Å². The zero-order valence-electron chi connectivity index (χ0n) is 6.49. The first-order valence-corrected chi connectivity index (χ1v) is 4.73. The van der Waals surface area contributed by atoms with Crippen LogP contribution in [-0.4, -0.2) is 0 Å². The summed E-state index contributed by atoms with van der Waals surface area (Å²) >= 11 is 3.22. The van der Waals surface area contributed by atoms with Crippen LogP contribution in [0.2, 0.25) is 0 Å². The fourth-order valence-corrected chi connectivity index (χ4v) is 1.64. The molecule has 0 N–H and O–H groups in total. The van der Waals surface area contributed by atoms with Crippen molar-refractivity contribution in [1.82, 2.24) is 0 Å². The lowest BCUT2D eigenvalue weighted by Gasteiger charge is -2.06. The molecule has 12 heavy (non-hydrogen) atoms. The van der Waals surface area contributed by atoms with Gasteiger partial charge in [-0.25, -0.2) is 8.78 Å². The number of hydrogen-bond acceptors (Lipinski definition) is 0. The minimum absolute atomic E-state index is 0.453. The van der Waals surface area contributed by atoms with Crippen LogP contribution in [0.25, 0.3) is 0 Å². The second-order valence-electron chi connectivity index (χ2n) is 2.46. The molecule has 0 spiro atoms. The van der Waals surface area contributed by atoms with Crippen LogP contribution in [-0.2, 0) is 18.7 Å². The van der Waals surface area contributed by atoms with Gasteiger partial charge >= 0.3 is 0 Å². The Labute approximate surface area is 78.7 Å². The highest BCUT2D eigenvalue weighted by atomic mass is 79.9. The molecule has 66 valence electrons. The Morgan fingerprint density at radius 1 is 1.08 bits per heavy atom. The fraction of sp³-hybridized carbons (Fsp3) is 0.333. The van der Waals surface area contributed by atoms with Crippen molar-refractivity contribution in [3.05, 3.63) is 34.9 Å².